The number of aryl methyl sites for hydroxylation is 1. The molecule has 0 bridgehead atoms. The summed E-state index contributed by atoms with van der Waals surface area (Å²) in [7, 11) is 1.56. The maximum absolute atomic E-state index is 13.0. The molecular weight excluding hydrogens is 353 g/mol. The highest BCUT2D eigenvalue weighted by Gasteiger charge is 2.25. The maximum atomic E-state index is 13.0. The number of ether oxygens (including phenoxy) is 1. The van der Waals surface area contributed by atoms with E-state index in [1.807, 2.05) is 0 Å². The van der Waals surface area contributed by atoms with Crippen LogP contribution in [0, 0.1) is 17.1 Å². The van der Waals surface area contributed by atoms with Crippen LogP contribution in [0.5, 0.6) is 5.75 Å². The largest absolute Gasteiger partial charge is 0.497 e. The Bertz CT molecular complexity index is 791. The number of hydrogen-bond donors (Lipinski definition) is 3. The average molecular weight is 373 g/mol. The third kappa shape index (κ3) is 5.35. The number of halogens is 1. The standard InChI is InChI=1S/C19H20FN3O2S/c1-25-15-9-5-13(6-10-15)17(21)16(18(24)23-19(22)26)11-4-12-2-7-14(20)8-3-12/h2-3,5-10,16,21H,4,11H2,1H3,(H3,22,23,24,26). The van der Waals surface area contributed by atoms with Crippen molar-refractivity contribution in [3.05, 3.63) is 65.5 Å². The molecule has 1 amide bonds. The average Bonchev–Trinajstić information content (AvgIpc) is 2.62. The predicted molar refractivity (Wildman–Crippen MR) is 103 cm³/mol. The van der Waals surface area contributed by atoms with Crippen LogP contribution in [0.2, 0.25) is 0 Å². The van der Waals surface area contributed by atoms with Crippen LogP contribution in [-0.2, 0) is 11.2 Å². The van der Waals surface area contributed by atoms with Gasteiger partial charge in [-0.25, -0.2) is 4.39 Å². The summed E-state index contributed by atoms with van der Waals surface area (Å²) in [4.78, 5) is 12.5. The van der Waals surface area contributed by atoms with Gasteiger partial charge in [-0.1, -0.05) is 12.1 Å². The van der Waals surface area contributed by atoms with Crippen molar-refractivity contribution in [2.75, 3.05) is 7.11 Å². The monoisotopic (exact) mass is 373 g/mol. The molecule has 2 aromatic rings. The molecule has 26 heavy (non-hydrogen) atoms. The SMILES string of the molecule is COc1ccc(C(=N)C(CCc2ccc(F)cc2)C(=O)NC(N)=S)cc1. The van der Waals surface area contributed by atoms with Gasteiger partial charge in [0.2, 0.25) is 5.91 Å². The van der Waals surface area contributed by atoms with E-state index in [-0.39, 0.29) is 16.6 Å². The quantitative estimate of drug-likeness (QED) is 0.514. The molecule has 1 unspecified atom stereocenters. The van der Waals surface area contributed by atoms with Crippen molar-refractivity contribution in [3.63, 3.8) is 0 Å². The van der Waals surface area contributed by atoms with Gasteiger partial charge in [-0.2, -0.15) is 0 Å². The second kappa shape index (κ2) is 9.05. The van der Waals surface area contributed by atoms with Gasteiger partial charge in [0, 0.05) is 0 Å². The summed E-state index contributed by atoms with van der Waals surface area (Å²) >= 11 is 4.74. The first-order valence-electron chi connectivity index (χ1n) is 7.98. The zero-order valence-electron chi connectivity index (χ0n) is 14.3. The van der Waals surface area contributed by atoms with Crippen LogP contribution in [0.3, 0.4) is 0 Å². The number of thiocarbonyl (C=S) groups is 1. The highest BCUT2D eigenvalue weighted by atomic mass is 32.1. The molecule has 0 heterocycles. The fraction of sp³-hybridized carbons (Fsp3) is 0.211. The Morgan fingerprint density at radius 1 is 1.23 bits per heavy atom. The second-order valence-corrected chi connectivity index (χ2v) is 6.15. The van der Waals surface area contributed by atoms with E-state index in [9.17, 15) is 9.18 Å². The summed E-state index contributed by atoms with van der Waals surface area (Å²) < 4.78 is 18.1. The lowest BCUT2D eigenvalue weighted by Gasteiger charge is -2.18. The first kappa shape index (κ1) is 19.5. The van der Waals surface area contributed by atoms with E-state index >= 15 is 0 Å². The van der Waals surface area contributed by atoms with Crippen molar-refractivity contribution < 1.29 is 13.9 Å². The number of carbonyl (C=O) groups is 1. The van der Waals surface area contributed by atoms with Gasteiger partial charge in [0.1, 0.15) is 11.6 Å². The Labute approximate surface area is 156 Å². The molecule has 0 aliphatic heterocycles. The van der Waals surface area contributed by atoms with Crippen molar-refractivity contribution >= 4 is 28.9 Å². The van der Waals surface area contributed by atoms with Gasteiger partial charge in [0.25, 0.3) is 0 Å². The Morgan fingerprint density at radius 3 is 2.38 bits per heavy atom. The van der Waals surface area contributed by atoms with Crippen LogP contribution >= 0.6 is 12.2 Å². The lowest BCUT2D eigenvalue weighted by Crippen LogP contribution is -2.41. The van der Waals surface area contributed by atoms with Gasteiger partial charge in [-0.05, 0) is 72.6 Å². The Hall–Kier alpha value is -2.80. The van der Waals surface area contributed by atoms with Gasteiger partial charge < -0.3 is 21.2 Å². The lowest BCUT2D eigenvalue weighted by atomic mass is 9.90. The van der Waals surface area contributed by atoms with E-state index < -0.39 is 11.8 Å². The van der Waals surface area contributed by atoms with Gasteiger partial charge >= 0.3 is 0 Å². The molecule has 2 aromatic carbocycles. The van der Waals surface area contributed by atoms with E-state index in [2.05, 4.69) is 5.32 Å². The van der Waals surface area contributed by atoms with Gasteiger partial charge in [-0.15, -0.1) is 0 Å². The number of amides is 1. The fourth-order valence-electron chi connectivity index (χ4n) is 2.55. The Kier molecular flexibility index (Phi) is 6.80. The number of methoxy groups -OCH3 is 1. The number of benzene rings is 2. The molecule has 0 radical (unpaired) electrons. The smallest absolute Gasteiger partial charge is 0.235 e. The first-order valence-corrected chi connectivity index (χ1v) is 8.39. The van der Waals surface area contributed by atoms with Gasteiger partial charge in [0.15, 0.2) is 5.11 Å². The number of hydrogen-bond acceptors (Lipinski definition) is 4. The molecule has 0 aliphatic carbocycles. The highest BCUT2D eigenvalue weighted by Crippen LogP contribution is 2.19. The molecule has 7 heteroatoms. The molecule has 0 aromatic heterocycles. The summed E-state index contributed by atoms with van der Waals surface area (Å²) in [6, 6.07) is 13.0. The van der Waals surface area contributed by atoms with Crippen molar-refractivity contribution in [2.45, 2.75) is 12.8 Å². The van der Waals surface area contributed by atoms with Crippen LogP contribution in [0.1, 0.15) is 17.5 Å². The van der Waals surface area contributed by atoms with Gasteiger partial charge in [-0.3, -0.25) is 4.79 Å². The van der Waals surface area contributed by atoms with Crippen LogP contribution in [0.4, 0.5) is 4.39 Å². The minimum absolute atomic E-state index is 0.135. The minimum Gasteiger partial charge on any atom is -0.497 e. The molecule has 1 atom stereocenters. The van der Waals surface area contributed by atoms with Crippen LogP contribution in [0.25, 0.3) is 0 Å². The van der Waals surface area contributed by atoms with Crippen LogP contribution in [-0.4, -0.2) is 23.8 Å². The van der Waals surface area contributed by atoms with Crippen molar-refractivity contribution in [1.29, 1.82) is 5.41 Å². The Morgan fingerprint density at radius 2 is 1.85 bits per heavy atom. The summed E-state index contributed by atoms with van der Waals surface area (Å²) in [5, 5.41) is 10.7. The number of carbonyl (C=O) groups excluding carboxylic acids is 1. The third-order valence-electron chi connectivity index (χ3n) is 3.95. The molecule has 4 N–H and O–H groups in total. The normalized spacial score (nSPS) is 11.5. The van der Waals surface area contributed by atoms with E-state index in [0.717, 1.165) is 5.56 Å². The van der Waals surface area contributed by atoms with Crippen LogP contribution < -0.4 is 15.8 Å². The summed E-state index contributed by atoms with van der Waals surface area (Å²) in [5.41, 5.74) is 7.04. The van der Waals surface area contributed by atoms with E-state index in [1.54, 1.807) is 43.5 Å². The topological polar surface area (TPSA) is 88.2 Å². The molecule has 0 spiro atoms. The summed E-state index contributed by atoms with van der Waals surface area (Å²) in [5.74, 6) is -0.824. The first-order chi connectivity index (χ1) is 12.4. The second-order valence-electron chi connectivity index (χ2n) is 5.71. The van der Waals surface area contributed by atoms with E-state index in [4.69, 9.17) is 28.1 Å². The molecule has 0 fully saturated rings. The molecular formula is C19H20FN3O2S. The number of nitrogens with one attached hydrogen (secondary N) is 2. The molecule has 5 nitrogen and oxygen atoms in total. The predicted octanol–water partition coefficient (Wildman–Crippen LogP) is 2.81. The number of rotatable bonds is 7. The Balaban J connectivity index is 2.18. The zero-order valence-corrected chi connectivity index (χ0v) is 15.1. The number of nitrogens with two attached hydrogens (primary N) is 1. The molecule has 0 saturated heterocycles. The maximum Gasteiger partial charge on any atom is 0.235 e. The summed E-state index contributed by atoms with van der Waals surface area (Å²) in [6.45, 7) is 0. The highest BCUT2D eigenvalue weighted by molar-refractivity contribution is 7.80. The lowest BCUT2D eigenvalue weighted by molar-refractivity contribution is -0.121. The van der Waals surface area contributed by atoms with E-state index in [1.165, 1.54) is 12.1 Å². The van der Waals surface area contributed by atoms with Crippen molar-refractivity contribution in [2.24, 2.45) is 11.7 Å². The summed E-state index contributed by atoms with van der Waals surface area (Å²) in [6.07, 6.45) is 0.874. The molecule has 0 saturated carbocycles. The minimum atomic E-state index is -0.741. The van der Waals surface area contributed by atoms with Crippen molar-refractivity contribution in [1.82, 2.24) is 5.32 Å². The molecule has 2 rings (SSSR count). The van der Waals surface area contributed by atoms with Crippen molar-refractivity contribution in [3.8, 4) is 5.75 Å². The van der Waals surface area contributed by atoms with E-state index in [0.29, 0.717) is 24.2 Å². The molecule has 136 valence electrons. The van der Waals surface area contributed by atoms with Gasteiger partial charge in [0.05, 0.1) is 18.7 Å². The fourth-order valence-corrected chi connectivity index (χ4v) is 2.65. The third-order valence-corrected chi connectivity index (χ3v) is 4.05. The molecule has 0 aliphatic rings. The zero-order chi connectivity index (χ0) is 19.1. The van der Waals surface area contributed by atoms with Crippen LogP contribution in [0.15, 0.2) is 48.5 Å².